The molecule has 3 rings (SSSR count). The van der Waals surface area contributed by atoms with Crippen molar-refractivity contribution in [2.75, 3.05) is 0 Å². The van der Waals surface area contributed by atoms with Crippen molar-refractivity contribution in [3.8, 4) is 22.8 Å². The van der Waals surface area contributed by atoms with E-state index in [1.807, 2.05) is 61.5 Å². The van der Waals surface area contributed by atoms with Crippen LogP contribution in [0.15, 0.2) is 65.9 Å². The van der Waals surface area contributed by atoms with E-state index in [0.29, 0.717) is 17.6 Å². The molecule has 1 aromatic heterocycles. The summed E-state index contributed by atoms with van der Waals surface area (Å²) in [5, 5.41) is 7.20. The molecule has 3 aromatic rings. The number of benzene rings is 2. The quantitative estimate of drug-likeness (QED) is 0.351. The standard InChI is InChI=1S/C23H21N3O3S/c1-17(26-18(2)27)8-13-22-15-24-23(30-22)29-21-11-9-19(10-12-21)14-25-28-16-20-6-4-3-5-7-20/h3-7,9-12,14-15,17H,16H2,1-2H3,(H,26,27). The monoisotopic (exact) mass is 419 g/mol. The molecule has 0 aliphatic carbocycles. The van der Waals surface area contributed by atoms with Gasteiger partial charge in [-0.25, -0.2) is 4.98 Å². The van der Waals surface area contributed by atoms with Gasteiger partial charge in [0.15, 0.2) is 0 Å². The zero-order valence-electron chi connectivity index (χ0n) is 16.7. The number of aromatic nitrogens is 1. The second-order valence-electron chi connectivity index (χ2n) is 6.35. The number of amides is 1. The van der Waals surface area contributed by atoms with Crippen molar-refractivity contribution in [2.24, 2.45) is 5.16 Å². The third-order valence-corrected chi connectivity index (χ3v) is 4.54. The van der Waals surface area contributed by atoms with Gasteiger partial charge in [-0.15, -0.1) is 0 Å². The summed E-state index contributed by atoms with van der Waals surface area (Å²) < 4.78 is 5.76. The van der Waals surface area contributed by atoms with E-state index in [4.69, 9.17) is 9.57 Å². The average Bonchev–Trinajstić information content (AvgIpc) is 3.18. The van der Waals surface area contributed by atoms with Gasteiger partial charge in [0.1, 0.15) is 17.2 Å². The fourth-order valence-corrected chi connectivity index (χ4v) is 3.04. The van der Waals surface area contributed by atoms with Crippen molar-refractivity contribution in [3.05, 3.63) is 76.8 Å². The highest BCUT2D eigenvalue weighted by molar-refractivity contribution is 7.13. The maximum Gasteiger partial charge on any atom is 0.279 e. The van der Waals surface area contributed by atoms with Gasteiger partial charge in [0.05, 0.1) is 18.5 Å². The number of carbonyl (C=O) groups excluding carboxylic acids is 1. The number of nitrogens with zero attached hydrogens (tertiary/aromatic N) is 2. The van der Waals surface area contributed by atoms with Crippen LogP contribution in [-0.4, -0.2) is 23.1 Å². The number of hydrogen-bond donors (Lipinski definition) is 1. The molecule has 0 radical (unpaired) electrons. The number of rotatable bonds is 7. The molecule has 1 N–H and O–H groups in total. The van der Waals surface area contributed by atoms with Crippen LogP contribution in [-0.2, 0) is 16.2 Å². The van der Waals surface area contributed by atoms with E-state index in [1.54, 1.807) is 12.4 Å². The zero-order valence-corrected chi connectivity index (χ0v) is 17.5. The summed E-state index contributed by atoms with van der Waals surface area (Å²) in [7, 11) is 0. The van der Waals surface area contributed by atoms with Crippen LogP contribution in [0.3, 0.4) is 0 Å². The van der Waals surface area contributed by atoms with Crippen molar-refractivity contribution in [1.82, 2.24) is 10.3 Å². The van der Waals surface area contributed by atoms with Gasteiger partial charge in [0, 0.05) is 6.92 Å². The van der Waals surface area contributed by atoms with Crippen LogP contribution in [0.25, 0.3) is 0 Å². The fraction of sp³-hybridized carbons (Fsp3) is 0.174. The minimum atomic E-state index is -0.222. The van der Waals surface area contributed by atoms with Gasteiger partial charge in [0.25, 0.3) is 5.19 Å². The summed E-state index contributed by atoms with van der Waals surface area (Å²) in [6, 6.07) is 17.1. The Morgan fingerprint density at radius 2 is 2.00 bits per heavy atom. The first-order valence-corrected chi connectivity index (χ1v) is 10.1. The molecular weight excluding hydrogens is 398 g/mol. The molecule has 1 amide bonds. The molecule has 6 nitrogen and oxygen atoms in total. The number of oxime groups is 1. The van der Waals surface area contributed by atoms with E-state index < -0.39 is 0 Å². The van der Waals surface area contributed by atoms with E-state index >= 15 is 0 Å². The molecule has 0 saturated heterocycles. The summed E-state index contributed by atoms with van der Waals surface area (Å²) >= 11 is 1.34. The molecular formula is C23H21N3O3S. The summed E-state index contributed by atoms with van der Waals surface area (Å²) in [5.41, 5.74) is 1.96. The summed E-state index contributed by atoms with van der Waals surface area (Å²) in [4.78, 5) is 21.3. The van der Waals surface area contributed by atoms with Crippen LogP contribution in [0.2, 0.25) is 0 Å². The highest BCUT2D eigenvalue weighted by Crippen LogP contribution is 2.26. The maximum atomic E-state index is 11.0. The first-order chi connectivity index (χ1) is 14.6. The molecule has 0 aliphatic heterocycles. The summed E-state index contributed by atoms with van der Waals surface area (Å²) in [6.07, 6.45) is 3.30. The molecule has 1 unspecified atom stereocenters. The fourth-order valence-electron chi connectivity index (χ4n) is 2.39. The number of ether oxygens (including phenoxy) is 1. The van der Waals surface area contributed by atoms with Gasteiger partial charge in [-0.2, -0.15) is 0 Å². The second kappa shape index (κ2) is 10.8. The summed E-state index contributed by atoms with van der Waals surface area (Å²) in [5.74, 6) is 6.50. The maximum absolute atomic E-state index is 11.0. The third-order valence-electron chi connectivity index (χ3n) is 3.75. The molecule has 0 aliphatic rings. The van der Waals surface area contributed by atoms with Crippen molar-refractivity contribution < 1.29 is 14.4 Å². The Hall–Kier alpha value is -3.63. The number of hydrogen-bond acceptors (Lipinski definition) is 6. The predicted octanol–water partition coefficient (Wildman–Crippen LogP) is 4.36. The Labute approximate surface area is 179 Å². The van der Waals surface area contributed by atoms with Crippen molar-refractivity contribution >= 4 is 23.5 Å². The van der Waals surface area contributed by atoms with Crippen LogP contribution in [0.5, 0.6) is 10.9 Å². The van der Waals surface area contributed by atoms with E-state index in [0.717, 1.165) is 16.0 Å². The highest BCUT2D eigenvalue weighted by atomic mass is 32.1. The number of nitrogens with one attached hydrogen (secondary N) is 1. The first kappa shape index (κ1) is 21.1. The molecule has 1 atom stereocenters. The van der Waals surface area contributed by atoms with Crippen LogP contribution < -0.4 is 10.1 Å². The molecule has 7 heteroatoms. The third kappa shape index (κ3) is 7.08. The molecule has 2 aromatic carbocycles. The van der Waals surface area contributed by atoms with Gasteiger partial charge >= 0.3 is 0 Å². The second-order valence-corrected chi connectivity index (χ2v) is 7.34. The molecule has 30 heavy (non-hydrogen) atoms. The van der Waals surface area contributed by atoms with Crippen molar-refractivity contribution in [2.45, 2.75) is 26.5 Å². The Morgan fingerprint density at radius 3 is 2.73 bits per heavy atom. The van der Waals surface area contributed by atoms with Crippen molar-refractivity contribution in [3.63, 3.8) is 0 Å². The van der Waals surface area contributed by atoms with Crippen LogP contribution in [0.4, 0.5) is 0 Å². The number of carbonyl (C=O) groups is 1. The zero-order chi connectivity index (χ0) is 21.2. The van der Waals surface area contributed by atoms with E-state index in [9.17, 15) is 4.79 Å². The topological polar surface area (TPSA) is 72.8 Å². The van der Waals surface area contributed by atoms with E-state index in [1.165, 1.54) is 18.3 Å². The Kier molecular flexibility index (Phi) is 7.58. The van der Waals surface area contributed by atoms with Crippen LogP contribution >= 0.6 is 11.3 Å². The molecule has 1 heterocycles. The molecule has 0 spiro atoms. The minimum Gasteiger partial charge on any atom is -0.431 e. The largest absolute Gasteiger partial charge is 0.431 e. The average molecular weight is 420 g/mol. The lowest BCUT2D eigenvalue weighted by atomic mass is 10.2. The van der Waals surface area contributed by atoms with E-state index in [2.05, 4.69) is 27.3 Å². The van der Waals surface area contributed by atoms with Gasteiger partial charge in [0.2, 0.25) is 5.91 Å². The van der Waals surface area contributed by atoms with Crippen molar-refractivity contribution in [1.29, 1.82) is 0 Å². The lowest BCUT2D eigenvalue weighted by molar-refractivity contribution is -0.119. The van der Waals surface area contributed by atoms with Gasteiger partial charge < -0.3 is 14.9 Å². The smallest absolute Gasteiger partial charge is 0.279 e. The predicted molar refractivity (Wildman–Crippen MR) is 118 cm³/mol. The van der Waals surface area contributed by atoms with Crippen LogP contribution in [0, 0.1) is 11.8 Å². The molecule has 0 fully saturated rings. The van der Waals surface area contributed by atoms with Crippen LogP contribution in [0.1, 0.15) is 29.9 Å². The summed E-state index contributed by atoms with van der Waals surface area (Å²) in [6.45, 7) is 3.72. The lowest BCUT2D eigenvalue weighted by Crippen LogP contribution is -2.28. The van der Waals surface area contributed by atoms with Gasteiger partial charge in [-0.1, -0.05) is 58.7 Å². The SMILES string of the molecule is CC(=O)NC(C)C#Cc1cnc(Oc2ccc(C=NOCc3ccccc3)cc2)s1. The molecule has 0 bridgehead atoms. The lowest BCUT2D eigenvalue weighted by Gasteiger charge is -2.02. The highest BCUT2D eigenvalue weighted by Gasteiger charge is 2.04. The normalized spacial score (nSPS) is 11.4. The number of thiazole rings is 1. The Balaban J connectivity index is 1.50. The van der Waals surface area contributed by atoms with Gasteiger partial charge in [-0.3, -0.25) is 4.79 Å². The first-order valence-electron chi connectivity index (χ1n) is 9.30. The minimum absolute atomic E-state index is 0.110. The van der Waals surface area contributed by atoms with Gasteiger partial charge in [-0.05, 0) is 42.3 Å². The van der Waals surface area contributed by atoms with E-state index in [-0.39, 0.29) is 11.9 Å². The molecule has 0 saturated carbocycles. The Bertz CT molecular complexity index is 1050. The Morgan fingerprint density at radius 1 is 1.23 bits per heavy atom. The molecule has 152 valence electrons.